The highest BCUT2D eigenvalue weighted by Gasteiger charge is 2.32. The molecule has 1 aromatic carbocycles. The molecule has 10 nitrogen and oxygen atoms in total. The second-order valence-corrected chi connectivity index (χ2v) is 10.4. The lowest BCUT2D eigenvalue weighted by Gasteiger charge is -2.30. The summed E-state index contributed by atoms with van der Waals surface area (Å²) in [5, 5.41) is 0. The van der Waals surface area contributed by atoms with Crippen LogP contribution in [0.15, 0.2) is 29.2 Å². The van der Waals surface area contributed by atoms with Gasteiger partial charge in [0.25, 0.3) is 0 Å². The van der Waals surface area contributed by atoms with Crippen LogP contribution >= 0.6 is 0 Å². The average molecular weight is 531 g/mol. The predicted octanol–water partition coefficient (Wildman–Crippen LogP) is 1.61. The van der Waals surface area contributed by atoms with Crippen LogP contribution in [-0.2, 0) is 38.5 Å². The third kappa shape index (κ3) is 11.2. The van der Waals surface area contributed by atoms with E-state index in [0.717, 1.165) is 5.56 Å². The molecule has 1 amide bonds. The summed E-state index contributed by atoms with van der Waals surface area (Å²) in [6.45, 7) is 10.4. The molecular weight excluding hydrogens is 488 g/mol. The fourth-order valence-corrected chi connectivity index (χ4v) is 4.76. The van der Waals surface area contributed by atoms with Gasteiger partial charge >= 0.3 is 0 Å². The van der Waals surface area contributed by atoms with Crippen molar-refractivity contribution in [3.8, 4) is 0 Å². The minimum absolute atomic E-state index is 0.131. The number of benzene rings is 1. The van der Waals surface area contributed by atoms with Crippen molar-refractivity contribution in [1.82, 2.24) is 9.62 Å². The van der Waals surface area contributed by atoms with Crippen LogP contribution in [0.3, 0.4) is 0 Å². The number of sulfonamides is 1. The van der Waals surface area contributed by atoms with Crippen molar-refractivity contribution < 1.29 is 36.9 Å². The van der Waals surface area contributed by atoms with Gasteiger partial charge in [0, 0.05) is 13.1 Å². The Bertz CT molecular complexity index is 832. The number of carbonyl (C=O) groups excluding carboxylic acids is 1. The summed E-state index contributed by atoms with van der Waals surface area (Å²) in [5.41, 5.74) is 0.955. The van der Waals surface area contributed by atoms with Crippen LogP contribution in [-0.4, -0.2) is 104 Å². The molecule has 2 rings (SSSR count). The highest BCUT2D eigenvalue weighted by atomic mass is 32.2. The first-order valence-electron chi connectivity index (χ1n) is 12.6. The first kappa shape index (κ1) is 30.6. The van der Waals surface area contributed by atoms with E-state index in [1.165, 1.54) is 0 Å². The van der Waals surface area contributed by atoms with Crippen molar-refractivity contribution in [2.24, 2.45) is 5.92 Å². The third-order valence-electron chi connectivity index (χ3n) is 5.90. The number of nitrogens with zero attached hydrogens (tertiary/aromatic N) is 1. The third-order valence-corrected chi connectivity index (χ3v) is 7.36. The molecule has 0 radical (unpaired) electrons. The molecule has 1 aliphatic heterocycles. The molecule has 1 heterocycles. The lowest BCUT2D eigenvalue weighted by atomic mass is 9.99. The maximum absolute atomic E-state index is 13.6. The Kier molecular flexibility index (Phi) is 14.5. The maximum atomic E-state index is 13.6. The van der Waals surface area contributed by atoms with E-state index in [4.69, 9.17) is 23.7 Å². The summed E-state index contributed by atoms with van der Waals surface area (Å²) < 4.78 is 56.5. The summed E-state index contributed by atoms with van der Waals surface area (Å²) >= 11 is 0. The molecule has 36 heavy (non-hydrogen) atoms. The Morgan fingerprint density at radius 3 is 1.67 bits per heavy atom. The topological polar surface area (TPSA) is 113 Å². The number of nitrogens with one attached hydrogen (secondary N) is 1. The van der Waals surface area contributed by atoms with Crippen molar-refractivity contribution in [1.29, 1.82) is 0 Å². The zero-order valence-electron chi connectivity index (χ0n) is 21.8. The summed E-state index contributed by atoms with van der Waals surface area (Å²) in [4.78, 5) is 15.3. The first-order valence-corrected chi connectivity index (χ1v) is 14.1. The van der Waals surface area contributed by atoms with Crippen molar-refractivity contribution in [2.75, 3.05) is 79.2 Å². The van der Waals surface area contributed by atoms with Crippen LogP contribution in [0.25, 0.3) is 0 Å². The van der Waals surface area contributed by atoms with Crippen LogP contribution in [0.2, 0.25) is 0 Å². The van der Waals surface area contributed by atoms with Crippen molar-refractivity contribution in [2.45, 2.75) is 38.1 Å². The molecule has 0 saturated carbocycles. The number of amides is 1. The van der Waals surface area contributed by atoms with Crippen LogP contribution in [0.1, 0.15) is 25.8 Å². The molecule has 1 aliphatic rings. The Morgan fingerprint density at radius 1 is 0.833 bits per heavy atom. The van der Waals surface area contributed by atoms with Gasteiger partial charge < -0.3 is 28.6 Å². The van der Waals surface area contributed by atoms with E-state index in [9.17, 15) is 13.2 Å². The van der Waals surface area contributed by atoms with Gasteiger partial charge in [-0.2, -0.15) is 4.72 Å². The monoisotopic (exact) mass is 530 g/mol. The van der Waals surface area contributed by atoms with E-state index >= 15 is 0 Å². The first-order chi connectivity index (χ1) is 17.3. The average Bonchev–Trinajstić information content (AvgIpc) is 2.86. The highest BCUT2D eigenvalue weighted by molar-refractivity contribution is 7.89. The zero-order valence-corrected chi connectivity index (χ0v) is 22.6. The van der Waals surface area contributed by atoms with Gasteiger partial charge in [-0.15, -0.1) is 0 Å². The quantitative estimate of drug-likeness (QED) is 0.591. The number of carbonyl (C=O) groups is 1. The Balaban J connectivity index is 2.08. The van der Waals surface area contributed by atoms with Gasteiger partial charge in [-0.3, -0.25) is 4.79 Å². The van der Waals surface area contributed by atoms with Gasteiger partial charge in [-0.25, -0.2) is 8.42 Å². The number of hydrogen-bond donors (Lipinski definition) is 1. The molecular formula is C25H42N2O8S. The van der Waals surface area contributed by atoms with E-state index in [1.54, 1.807) is 29.2 Å². The maximum Gasteiger partial charge on any atom is 0.241 e. The number of rotatable bonds is 6. The molecule has 2 atom stereocenters. The molecule has 0 unspecified atom stereocenters. The smallest absolute Gasteiger partial charge is 0.241 e. The molecule has 1 fully saturated rings. The van der Waals surface area contributed by atoms with E-state index in [0.29, 0.717) is 85.6 Å². The lowest BCUT2D eigenvalue weighted by molar-refractivity contribution is -0.136. The summed E-state index contributed by atoms with van der Waals surface area (Å²) in [7, 11) is -3.88. The summed E-state index contributed by atoms with van der Waals surface area (Å²) in [5.74, 6) is -0.511. The zero-order chi connectivity index (χ0) is 26.2. The van der Waals surface area contributed by atoms with Crippen LogP contribution in [0.5, 0.6) is 0 Å². The minimum Gasteiger partial charge on any atom is -0.377 e. The predicted molar refractivity (Wildman–Crippen MR) is 135 cm³/mol. The number of aryl methyl sites for hydroxylation is 1. The van der Waals surface area contributed by atoms with Crippen LogP contribution < -0.4 is 4.72 Å². The second kappa shape index (κ2) is 17.0. The van der Waals surface area contributed by atoms with E-state index in [-0.39, 0.29) is 16.7 Å². The lowest BCUT2D eigenvalue weighted by Crippen LogP contribution is -2.53. The molecule has 0 bridgehead atoms. The van der Waals surface area contributed by atoms with Gasteiger partial charge in [0.1, 0.15) is 6.04 Å². The summed E-state index contributed by atoms with van der Waals surface area (Å²) in [6.07, 6.45) is 0.631. The Morgan fingerprint density at radius 2 is 1.25 bits per heavy atom. The minimum atomic E-state index is -3.88. The van der Waals surface area contributed by atoms with Crippen molar-refractivity contribution in [3.63, 3.8) is 0 Å². The summed E-state index contributed by atoms with van der Waals surface area (Å²) in [6, 6.07) is 5.65. The van der Waals surface area contributed by atoms with Crippen LogP contribution in [0.4, 0.5) is 0 Å². The van der Waals surface area contributed by atoms with Gasteiger partial charge in [0.05, 0.1) is 71.0 Å². The van der Waals surface area contributed by atoms with Crippen LogP contribution in [0, 0.1) is 12.8 Å². The van der Waals surface area contributed by atoms with Gasteiger partial charge in [-0.1, -0.05) is 38.0 Å². The van der Waals surface area contributed by atoms with Gasteiger partial charge in [-0.05, 0) is 25.0 Å². The van der Waals surface area contributed by atoms with Crippen molar-refractivity contribution >= 4 is 15.9 Å². The Labute approximate surface area is 215 Å². The highest BCUT2D eigenvalue weighted by Crippen LogP contribution is 2.17. The van der Waals surface area contributed by atoms with Gasteiger partial charge in [0.15, 0.2) is 0 Å². The van der Waals surface area contributed by atoms with E-state index in [2.05, 4.69) is 4.72 Å². The fraction of sp³-hybridized carbons (Fsp3) is 0.720. The molecule has 206 valence electrons. The normalized spacial score (nSPS) is 20.1. The van der Waals surface area contributed by atoms with E-state index < -0.39 is 16.1 Å². The Hall–Kier alpha value is -1.60. The molecule has 1 N–H and O–H groups in total. The molecule has 0 aromatic heterocycles. The number of ether oxygens (including phenoxy) is 5. The molecule has 0 spiro atoms. The molecule has 0 aliphatic carbocycles. The molecule has 1 aromatic rings. The molecule has 11 heteroatoms. The number of hydrogen-bond acceptors (Lipinski definition) is 8. The standard InChI is InChI=1S/C25H42N2O8S/c1-4-22(3)24(26-36(29,30)23-7-5-21(2)6-8-23)25(28)27-9-11-31-13-15-33-17-19-35-20-18-34-16-14-32-12-10-27/h5-8,22,24,26H,4,9-20H2,1-3H3/t22-,24-/m1/s1. The van der Waals surface area contributed by atoms with E-state index in [1.807, 2.05) is 20.8 Å². The molecule has 1 saturated heterocycles. The largest absolute Gasteiger partial charge is 0.377 e. The van der Waals surface area contributed by atoms with Gasteiger partial charge in [0.2, 0.25) is 15.9 Å². The van der Waals surface area contributed by atoms with Crippen molar-refractivity contribution in [3.05, 3.63) is 29.8 Å². The fourth-order valence-electron chi connectivity index (χ4n) is 3.46. The second-order valence-electron chi connectivity index (χ2n) is 8.68. The SMILES string of the molecule is CC[C@@H](C)[C@@H](NS(=O)(=O)c1ccc(C)cc1)C(=O)N1CCOCCOCCOCCOCCOCC1.